The Balaban J connectivity index is 1.12. The second-order valence-corrected chi connectivity index (χ2v) is 18.1. The first-order valence-electron chi connectivity index (χ1n) is 20.9. The highest BCUT2D eigenvalue weighted by Crippen LogP contribution is 2.41. The Hall–Kier alpha value is -7.31. The van der Waals surface area contributed by atoms with Crippen LogP contribution < -0.4 is 0 Å². The number of para-hydroxylation sites is 3. The fourth-order valence-electron chi connectivity index (χ4n) is 8.55. The van der Waals surface area contributed by atoms with Crippen LogP contribution in [-0.4, -0.2) is 29.0 Å². The van der Waals surface area contributed by atoms with Crippen molar-refractivity contribution in [2.45, 2.75) is 52.4 Å². The second kappa shape index (κ2) is 14.5. The Morgan fingerprint density at radius 2 is 1.16 bits per heavy atom. The number of aromatic hydroxyl groups is 1. The van der Waals surface area contributed by atoms with Gasteiger partial charge >= 0.3 is 0 Å². The molecule has 0 bridgehead atoms. The highest BCUT2D eigenvalue weighted by atomic mass is 16.3. The van der Waals surface area contributed by atoms with Crippen molar-refractivity contribution in [3.63, 3.8) is 0 Å². The van der Waals surface area contributed by atoms with Crippen LogP contribution in [0.25, 0.3) is 89.0 Å². The Labute approximate surface area is 356 Å². The molecule has 0 spiro atoms. The van der Waals surface area contributed by atoms with Crippen LogP contribution >= 0.6 is 0 Å². The Morgan fingerprint density at radius 3 is 1.95 bits per heavy atom. The predicted octanol–water partition coefficient (Wildman–Crippen LogP) is 13.9. The number of hydrogen-bond acceptors (Lipinski definition) is 4. The summed E-state index contributed by atoms with van der Waals surface area (Å²) in [5, 5.41) is 13.5. The van der Waals surface area contributed by atoms with Gasteiger partial charge in [-0.3, -0.25) is 4.98 Å². The smallest absolute Gasteiger partial charge is 0.124 e. The van der Waals surface area contributed by atoms with Gasteiger partial charge in [0.1, 0.15) is 5.75 Å². The summed E-state index contributed by atoms with van der Waals surface area (Å²) in [5.41, 5.74) is 16.2. The topological polar surface area (TPSA) is 68.2 Å². The number of aromatic nitrogens is 5. The quantitative estimate of drug-likeness (QED) is 0.182. The molecule has 10 aromatic rings. The molecule has 0 saturated heterocycles. The SMILES string of the molecule is CC(C)(C)c1cc(-c2cc(-c3cccc(-c4cc(-c5cccc6c7ccccc7n(-c7cccn8cncc78)c56)ccn4)c3)nc(-c3ccccc3O)c2)cc(C(C)(C)C)c1. The van der Waals surface area contributed by atoms with E-state index in [1.807, 2.05) is 43.1 Å². The van der Waals surface area contributed by atoms with Gasteiger partial charge in [-0.05, 0) is 99.3 Å². The van der Waals surface area contributed by atoms with Crippen LogP contribution in [0.1, 0.15) is 52.7 Å². The van der Waals surface area contributed by atoms with E-state index in [9.17, 15) is 5.11 Å². The predicted molar refractivity (Wildman–Crippen MR) is 251 cm³/mol. The summed E-state index contributed by atoms with van der Waals surface area (Å²) < 4.78 is 4.44. The van der Waals surface area contributed by atoms with Gasteiger partial charge < -0.3 is 14.1 Å². The molecule has 0 unspecified atom stereocenters. The van der Waals surface area contributed by atoms with Crippen LogP contribution in [0.2, 0.25) is 0 Å². The van der Waals surface area contributed by atoms with Gasteiger partial charge in [-0.25, -0.2) is 9.97 Å². The third-order valence-corrected chi connectivity index (χ3v) is 11.9. The lowest BCUT2D eigenvalue weighted by atomic mass is 9.79. The van der Waals surface area contributed by atoms with Gasteiger partial charge in [0.25, 0.3) is 0 Å². The third kappa shape index (κ3) is 6.84. The molecule has 0 aliphatic heterocycles. The van der Waals surface area contributed by atoms with Gasteiger partial charge in [0.2, 0.25) is 0 Å². The molecule has 10 rings (SSSR count). The van der Waals surface area contributed by atoms with Gasteiger partial charge in [-0.2, -0.15) is 0 Å². The summed E-state index contributed by atoms with van der Waals surface area (Å²) in [6.07, 6.45) is 7.72. The van der Waals surface area contributed by atoms with Crippen LogP contribution in [-0.2, 0) is 10.8 Å². The van der Waals surface area contributed by atoms with Crippen LogP contribution in [0.15, 0.2) is 171 Å². The lowest BCUT2D eigenvalue weighted by molar-refractivity contribution is 0.477. The summed E-state index contributed by atoms with van der Waals surface area (Å²) in [7, 11) is 0. The average molecular weight is 794 g/mol. The molecule has 0 fully saturated rings. The van der Waals surface area contributed by atoms with Crippen molar-refractivity contribution in [1.29, 1.82) is 0 Å². The Bertz CT molecular complexity index is 3270. The Morgan fingerprint density at radius 1 is 0.508 bits per heavy atom. The Kier molecular flexibility index (Phi) is 8.99. The minimum atomic E-state index is -0.0431. The first kappa shape index (κ1) is 37.9. The standard InChI is InChI=1S/C55H47N5O/c1-54(2,3)40-27-38(28-41(32-40)55(4,5)6)39-30-47(58-48(31-39)45-17-8-10-22-52(45)61)37-15-11-14-36(26-37)46-29-35(23-24-57-46)42-18-12-19-44-43-16-7-9-20-49(43)60(53(42)44)50-21-13-25-59-34-56-33-51(50)59/h7-34,61H,1-6H3. The molecular weight excluding hydrogens is 747 g/mol. The zero-order valence-electron chi connectivity index (χ0n) is 35.3. The summed E-state index contributed by atoms with van der Waals surface area (Å²) in [4.78, 5) is 14.6. The minimum absolute atomic E-state index is 0.0431. The molecule has 5 heterocycles. The van der Waals surface area contributed by atoms with Crippen LogP contribution in [0.3, 0.4) is 0 Å². The van der Waals surface area contributed by atoms with E-state index in [-0.39, 0.29) is 16.6 Å². The lowest BCUT2D eigenvalue weighted by Gasteiger charge is -2.26. The number of imidazole rings is 1. The van der Waals surface area contributed by atoms with E-state index in [1.54, 1.807) is 6.07 Å². The maximum atomic E-state index is 11.1. The van der Waals surface area contributed by atoms with Gasteiger partial charge in [0.15, 0.2) is 0 Å². The van der Waals surface area contributed by atoms with E-state index in [1.165, 1.54) is 21.9 Å². The van der Waals surface area contributed by atoms with Gasteiger partial charge in [0, 0.05) is 45.4 Å². The van der Waals surface area contributed by atoms with E-state index in [4.69, 9.17) is 9.97 Å². The van der Waals surface area contributed by atoms with Gasteiger partial charge in [0.05, 0.1) is 51.8 Å². The van der Waals surface area contributed by atoms with Crippen molar-refractivity contribution in [3.05, 3.63) is 182 Å². The molecule has 0 amide bonds. The summed E-state index contributed by atoms with van der Waals surface area (Å²) in [5.74, 6) is 0.197. The van der Waals surface area contributed by atoms with Crippen molar-refractivity contribution in [1.82, 2.24) is 23.9 Å². The van der Waals surface area contributed by atoms with Crippen molar-refractivity contribution < 1.29 is 5.11 Å². The largest absolute Gasteiger partial charge is 0.507 e. The molecule has 5 aromatic carbocycles. The number of phenols is 1. The fraction of sp³-hybridized carbons (Fsp3) is 0.145. The van der Waals surface area contributed by atoms with E-state index >= 15 is 0 Å². The highest BCUT2D eigenvalue weighted by molar-refractivity contribution is 6.14. The second-order valence-electron chi connectivity index (χ2n) is 18.1. The number of pyridine rings is 3. The minimum Gasteiger partial charge on any atom is -0.507 e. The molecule has 0 radical (unpaired) electrons. The lowest BCUT2D eigenvalue weighted by Crippen LogP contribution is -2.16. The van der Waals surface area contributed by atoms with E-state index in [0.717, 1.165) is 67.0 Å². The van der Waals surface area contributed by atoms with E-state index in [0.29, 0.717) is 11.3 Å². The molecule has 0 aliphatic carbocycles. The molecule has 1 N–H and O–H groups in total. The molecule has 0 saturated carbocycles. The zero-order chi connectivity index (χ0) is 42.0. The van der Waals surface area contributed by atoms with Crippen molar-refractivity contribution >= 4 is 27.3 Å². The number of rotatable bonds is 6. The molecule has 6 nitrogen and oxygen atoms in total. The highest BCUT2D eigenvalue weighted by Gasteiger charge is 2.23. The van der Waals surface area contributed by atoms with Crippen LogP contribution in [0, 0.1) is 0 Å². The van der Waals surface area contributed by atoms with Crippen LogP contribution in [0.5, 0.6) is 5.75 Å². The van der Waals surface area contributed by atoms with Crippen molar-refractivity contribution in [2.75, 3.05) is 0 Å². The number of phenolic OH excluding ortho intramolecular Hbond substituents is 1. The zero-order valence-corrected chi connectivity index (χ0v) is 35.3. The molecule has 6 heteroatoms. The maximum absolute atomic E-state index is 11.1. The maximum Gasteiger partial charge on any atom is 0.124 e. The number of benzene rings is 5. The normalized spacial score (nSPS) is 12.2. The van der Waals surface area contributed by atoms with E-state index < -0.39 is 0 Å². The number of nitrogens with zero attached hydrogens (tertiary/aromatic N) is 5. The van der Waals surface area contributed by atoms with Gasteiger partial charge in [-0.1, -0.05) is 126 Å². The van der Waals surface area contributed by atoms with Crippen molar-refractivity contribution in [3.8, 4) is 67.5 Å². The molecule has 298 valence electrons. The molecule has 61 heavy (non-hydrogen) atoms. The number of hydrogen-bond donors (Lipinski definition) is 1. The summed E-state index contributed by atoms with van der Waals surface area (Å²) >= 11 is 0. The first-order chi connectivity index (χ1) is 29.4. The third-order valence-electron chi connectivity index (χ3n) is 11.9. The van der Waals surface area contributed by atoms with Crippen LogP contribution in [0.4, 0.5) is 0 Å². The first-order valence-corrected chi connectivity index (χ1v) is 20.9. The molecular formula is C55H47N5O. The molecule has 0 atom stereocenters. The monoisotopic (exact) mass is 793 g/mol. The summed E-state index contributed by atoms with van der Waals surface area (Å²) in [6, 6.07) is 50.9. The molecule has 0 aliphatic rings. The number of fused-ring (bicyclic) bond motifs is 4. The van der Waals surface area contributed by atoms with E-state index in [2.05, 4.69) is 177 Å². The fourth-order valence-corrected chi connectivity index (χ4v) is 8.55. The summed E-state index contributed by atoms with van der Waals surface area (Å²) in [6.45, 7) is 13.6. The molecule has 5 aromatic heterocycles. The average Bonchev–Trinajstić information content (AvgIpc) is 3.89. The van der Waals surface area contributed by atoms with Crippen molar-refractivity contribution in [2.24, 2.45) is 0 Å². The van der Waals surface area contributed by atoms with Gasteiger partial charge in [-0.15, -0.1) is 0 Å².